The van der Waals surface area contributed by atoms with Crippen LogP contribution >= 0.6 is 23.2 Å². The van der Waals surface area contributed by atoms with Gasteiger partial charge in [0.2, 0.25) is 5.91 Å². The maximum absolute atomic E-state index is 13.1. The fourth-order valence-corrected chi connectivity index (χ4v) is 4.99. The van der Waals surface area contributed by atoms with E-state index in [1.165, 1.54) is 26.4 Å². The zero-order chi connectivity index (χ0) is 24.6. The van der Waals surface area contributed by atoms with E-state index in [1.807, 2.05) is 0 Å². The number of methoxy groups -OCH3 is 2. The van der Waals surface area contributed by atoms with Gasteiger partial charge in [0.25, 0.3) is 0 Å². The molecule has 3 aromatic rings. The minimum atomic E-state index is -1.44. The summed E-state index contributed by atoms with van der Waals surface area (Å²) in [6.07, 6.45) is 0. The maximum Gasteiger partial charge on any atom is 0.335 e. The predicted octanol–water partition coefficient (Wildman–Crippen LogP) is 4.67. The molecule has 1 aliphatic heterocycles. The summed E-state index contributed by atoms with van der Waals surface area (Å²) in [6, 6.07) is 14.5. The Kier molecular flexibility index (Phi) is 6.20. The van der Waals surface area contributed by atoms with Gasteiger partial charge >= 0.3 is 5.97 Å². The summed E-state index contributed by atoms with van der Waals surface area (Å²) in [5.74, 6) is -1.97. The van der Waals surface area contributed by atoms with Gasteiger partial charge in [-0.15, -0.1) is 0 Å². The smallest absolute Gasteiger partial charge is 0.335 e. The summed E-state index contributed by atoms with van der Waals surface area (Å²) in [7, 11) is 2.99. The van der Waals surface area contributed by atoms with Crippen molar-refractivity contribution >= 4 is 46.5 Å². The van der Waals surface area contributed by atoms with Crippen LogP contribution < -0.4 is 25.8 Å². The number of halogens is 2. The van der Waals surface area contributed by atoms with Crippen LogP contribution in [-0.2, 0) is 10.5 Å². The number of nitrogens with one attached hydrogen (secondary N) is 2. The Morgan fingerprint density at radius 3 is 2.18 bits per heavy atom. The third kappa shape index (κ3) is 3.85. The van der Waals surface area contributed by atoms with Gasteiger partial charge in [0.15, 0.2) is 17.2 Å². The van der Waals surface area contributed by atoms with Crippen LogP contribution in [0, 0.1) is 0 Å². The molecule has 2 unspecified atom stereocenters. The number of ether oxygens (including phenoxy) is 2. The first-order chi connectivity index (χ1) is 16.2. The molecular weight excluding hydrogens is 481 g/mol. The van der Waals surface area contributed by atoms with Crippen molar-refractivity contribution in [2.24, 2.45) is 5.73 Å². The molecule has 0 spiro atoms. The van der Waals surface area contributed by atoms with Crippen molar-refractivity contribution in [3.8, 4) is 11.5 Å². The molecule has 0 saturated heterocycles. The van der Waals surface area contributed by atoms with Gasteiger partial charge in [-0.05, 0) is 48.0 Å². The topological polar surface area (TPSA) is 123 Å². The summed E-state index contributed by atoms with van der Waals surface area (Å²) in [5.41, 5.74) is 6.46. The fourth-order valence-electron chi connectivity index (χ4n) is 4.29. The number of nitrogens with two attached hydrogens (primary N) is 1. The van der Waals surface area contributed by atoms with Crippen LogP contribution in [0.15, 0.2) is 54.6 Å². The first kappa shape index (κ1) is 23.5. The molecule has 1 amide bonds. The van der Waals surface area contributed by atoms with Gasteiger partial charge in [0.1, 0.15) is 5.92 Å². The van der Waals surface area contributed by atoms with Crippen LogP contribution in [0.3, 0.4) is 0 Å². The predicted molar refractivity (Wildman–Crippen MR) is 130 cm³/mol. The van der Waals surface area contributed by atoms with E-state index in [0.29, 0.717) is 34.0 Å². The summed E-state index contributed by atoms with van der Waals surface area (Å²) in [6.45, 7) is 0. The number of amides is 1. The molecule has 2 atom stereocenters. The number of primary amides is 1. The molecule has 1 aliphatic rings. The molecule has 4 rings (SSSR count). The van der Waals surface area contributed by atoms with Crippen molar-refractivity contribution in [1.82, 2.24) is 0 Å². The van der Waals surface area contributed by atoms with Gasteiger partial charge in [-0.1, -0.05) is 35.3 Å². The first-order valence-electron chi connectivity index (χ1n) is 10.1. The number of aromatic carboxylic acids is 1. The lowest BCUT2D eigenvalue weighted by Gasteiger charge is -2.39. The average molecular weight is 502 g/mol. The molecule has 0 bridgehead atoms. The summed E-state index contributed by atoms with van der Waals surface area (Å²) < 4.78 is 10.7. The van der Waals surface area contributed by atoms with Crippen LogP contribution in [0.1, 0.15) is 27.4 Å². The molecule has 0 saturated carbocycles. The monoisotopic (exact) mass is 501 g/mol. The second-order valence-electron chi connectivity index (χ2n) is 7.67. The highest BCUT2D eigenvalue weighted by Crippen LogP contribution is 2.51. The Labute approximate surface area is 205 Å². The van der Waals surface area contributed by atoms with E-state index in [2.05, 4.69) is 10.6 Å². The first-order valence-corrected chi connectivity index (χ1v) is 10.9. The van der Waals surface area contributed by atoms with Gasteiger partial charge in [-0.25, -0.2) is 4.79 Å². The Balaban J connectivity index is 1.98. The summed E-state index contributed by atoms with van der Waals surface area (Å²) in [5, 5.41) is 16.6. The number of carbonyl (C=O) groups excluding carboxylic acids is 1. The summed E-state index contributed by atoms with van der Waals surface area (Å²) in [4.78, 5) is 24.6. The fraction of sp³-hybridized carbons (Fsp3) is 0.167. The Hall–Kier alpha value is -3.62. The van der Waals surface area contributed by atoms with Crippen molar-refractivity contribution in [2.45, 2.75) is 11.6 Å². The number of benzene rings is 3. The molecule has 1 heterocycles. The Morgan fingerprint density at radius 2 is 1.59 bits per heavy atom. The minimum Gasteiger partial charge on any atom is -0.493 e. The number of hydrogen-bond donors (Lipinski definition) is 4. The molecule has 0 aromatic heterocycles. The lowest BCUT2D eigenvalue weighted by atomic mass is 9.80. The van der Waals surface area contributed by atoms with Gasteiger partial charge in [-0.2, -0.15) is 0 Å². The zero-order valence-corrected chi connectivity index (χ0v) is 19.7. The molecule has 0 fully saturated rings. The van der Waals surface area contributed by atoms with Crippen LogP contribution in [-0.4, -0.2) is 31.2 Å². The molecule has 0 radical (unpaired) electrons. The number of hydrogen-bond acceptors (Lipinski definition) is 6. The molecule has 5 N–H and O–H groups in total. The molecule has 0 aliphatic carbocycles. The third-order valence-corrected chi connectivity index (χ3v) is 6.38. The van der Waals surface area contributed by atoms with E-state index in [-0.39, 0.29) is 15.6 Å². The van der Waals surface area contributed by atoms with E-state index in [9.17, 15) is 14.7 Å². The average Bonchev–Trinajstić information content (AvgIpc) is 3.17. The van der Waals surface area contributed by atoms with Crippen molar-refractivity contribution < 1.29 is 24.2 Å². The largest absolute Gasteiger partial charge is 0.493 e. The van der Waals surface area contributed by atoms with Gasteiger partial charge in [-0.3, -0.25) is 4.79 Å². The van der Waals surface area contributed by atoms with E-state index in [0.717, 1.165) is 0 Å². The van der Waals surface area contributed by atoms with Gasteiger partial charge in [0, 0.05) is 15.6 Å². The molecule has 10 heteroatoms. The SMILES string of the molecule is COc1ccc(C(C(N)=O)C2(c3c(Cl)cccc3Cl)Nc3ccc(C(=O)O)cc3N2)cc1OC. The van der Waals surface area contributed by atoms with E-state index in [1.54, 1.807) is 42.5 Å². The molecule has 8 nitrogen and oxygen atoms in total. The normalized spacial score (nSPS) is 17.2. The molecule has 34 heavy (non-hydrogen) atoms. The van der Waals surface area contributed by atoms with Crippen LogP contribution in [0.4, 0.5) is 11.4 Å². The molecular formula is C24H21Cl2N3O5. The number of carbonyl (C=O) groups is 2. The van der Waals surface area contributed by atoms with E-state index in [4.69, 9.17) is 38.4 Å². The Morgan fingerprint density at radius 1 is 0.941 bits per heavy atom. The van der Waals surface area contributed by atoms with Crippen LogP contribution in [0.5, 0.6) is 11.5 Å². The van der Waals surface area contributed by atoms with Gasteiger partial charge in [0.05, 0.1) is 31.2 Å². The highest BCUT2D eigenvalue weighted by molar-refractivity contribution is 6.36. The second-order valence-corrected chi connectivity index (χ2v) is 8.48. The minimum absolute atomic E-state index is 0.0656. The number of fused-ring (bicyclic) bond motifs is 1. The van der Waals surface area contributed by atoms with Gasteiger partial charge < -0.3 is 30.9 Å². The van der Waals surface area contributed by atoms with E-state index < -0.39 is 23.5 Å². The van der Waals surface area contributed by atoms with Crippen molar-refractivity contribution in [3.63, 3.8) is 0 Å². The van der Waals surface area contributed by atoms with Crippen molar-refractivity contribution in [1.29, 1.82) is 0 Å². The zero-order valence-electron chi connectivity index (χ0n) is 18.2. The number of anilines is 2. The van der Waals surface area contributed by atoms with Crippen LogP contribution in [0.25, 0.3) is 0 Å². The lowest BCUT2D eigenvalue weighted by molar-refractivity contribution is -0.120. The standard InChI is InChI=1S/C24H21Cl2N3O5/c1-33-18-9-7-12(11-19(18)34-2)20(22(27)30)24(21-14(25)4-3-5-15(21)26)28-16-8-6-13(23(31)32)10-17(16)29-24/h3-11,20,28-29H,1-2H3,(H2,27,30)(H,31,32). The number of carboxylic acids is 1. The number of rotatable bonds is 7. The molecule has 3 aromatic carbocycles. The van der Waals surface area contributed by atoms with Crippen molar-refractivity contribution in [3.05, 3.63) is 81.3 Å². The van der Waals surface area contributed by atoms with Crippen molar-refractivity contribution in [2.75, 3.05) is 24.9 Å². The highest BCUT2D eigenvalue weighted by Gasteiger charge is 2.51. The highest BCUT2D eigenvalue weighted by atomic mass is 35.5. The molecule has 176 valence electrons. The lowest BCUT2D eigenvalue weighted by Crippen LogP contribution is -2.50. The summed E-state index contributed by atoms with van der Waals surface area (Å²) >= 11 is 13.2. The Bertz CT molecular complexity index is 1280. The maximum atomic E-state index is 13.1. The van der Waals surface area contributed by atoms with E-state index >= 15 is 0 Å². The number of carboxylic acid groups (broad SMARTS) is 1. The third-order valence-electron chi connectivity index (χ3n) is 5.75. The quantitative estimate of drug-likeness (QED) is 0.370. The van der Waals surface area contributed by atoms with Crippen LogP contribution in [0.2, 0.25) is 10.0 Å². The second kappa shape index (κ2) is 8.96.